The van der Waals surface area contributed by atoms with Gasteiger partial charge in [-0.05, 0) is 30.8 Å². The highest BCUT2D eigenvalue weighted by Gasteiger charge is 2.26. The third-order valence-corrected chi connectivity index (χ3v) is 4.42. The van der Waals surface area contributed by atoms with Gasteiger partial charge in [0.25, 0.3) is 0 Å². The molecule has 1 fully saturated rings. The maximum Gasteiger partial charge on any atom is 0.0860 e. The number of hydrogen-bond donors (Lipinski definition) is 1. The lowest BCUT2D eigenvalue weighted by atomic mass is 10.0. The Labute approximate surface area is 116 Å². The molecule has 2 unspecified atom stereocenters. The van der Waals surface area contributed by atoms with Crippen molar-refractivity contribution >= 4 is 35.0 Å². The van der Waals surface area contributed by atoms with Crippen LogP contribution in [0.15, 0.2) is 18.2 Å². The van der Waals surface area contributed by atoms with Crippen molar-refractivity contribution in [2.75, 3.05) is 25.2 Å². The first-order valence-electron chi connectivity index (χ1n) is 5.54. The molecule has 1 aromatic rings. The van der Waals surface area contributed by atoms with Gasteiger partial charge < -0.3 is 10.1 Å². The van der Waals surface area contributed by atoms with Crippen molar-refractivity contribution in [3.8, 4) is 0 Å². The number of ether oxygens (including phenoxy) is 1. The average Bonchev–Trinajstić information content (AvgIpc) is 2.36. The molecular weight excluding hydrogens is 277 g/mol. The molecule has 1 saturated heterocycles. The van der Waals surface area contributed by atoms with Gasteiger partial charge >= 0.3 is 0 Å². The zero-order valence-electron chi connectivity index (χ0n) is 9.58. The van der Waals surface area contributed by atoms with E-state index in [1.54, 1.807) is 6.07 Å². The van der Waals surface area contributed by atoms with Gasteiger partial charge in [0.05, 0.1) is 18.8 Å². The van der Waals surface area contributed by atoms with Crippen molar-refractivity contribution in [3.05, 3.63) is 33.8 Å². The van der Waals surface area contributed by atoms with E-state index in [4.69, 9.17) is 27.9 Å². The monoisotopic (exact) mass is 291 g/mol. The first-order chi connectivity index (χ1) is 8.22. The fourth-order valence-corrected chi connectivity index (χ4v) is 3.31. The van der Waals surface area contributed by atoms with Crippen LogP contribution in [-0.4, -0.2) is 31.3 Å². The Bertz CT molecular complexity index is 383. The largest absolute Gasteiger partial charge is 0.375 e. The molecule has 0 saturated carbocycles. The van der Waals surface area contributed by atoms with E-state index in [0.717, 1.165) is 28.7 Å². The molecule has 0 radical (unpaired) electrons. The highest BCUT2D eigenvalue weighted by atomic mass is 35.5. The number of hydrogen-bond acceptors (Lipinski definition) is 3. The van der Waals surface area contributed by atoms with Crippen LogP contribution < -0.4 is 5.32 Å². The number of thioether (sulfide) groups is 1. The molecule has 1 aliphatic heterocycles. The van der Waals surface area contributed by atoms with Crippen molar-refractivity contribution in [1.82, 2.24) is 5.32 Å². The van der Waals surface area contributed by atoms with Gasteiger partial charge in [-0.25, -0.2) is 0 Å². The van der Waals surface area contributed by atoms with Crippen LogP contribution in [0, 0.1) is 0 Å². The summed E-state index contributed by atoms with van der Waals surface area (Å²) < 4.78 is 5.80. The van der Waals surface area contributed by atoms with Crippen molar-refractivity contribution in [2.45, 2.75) is 12.1 Å². The minimum absolute atomic E-state index is 0.0917. The molecule has 1 aromatic carbocycles. The van der Waals surface area contributed by atoms with Crippen molar-refractivity contribution < 1.29 is 4.74 Å². The van der Waals surface area contributed by atoms with Crippen LogP contribution in [0.2, 0.25) is 10.0 Å². The van der Waals surface area contributed by atoms with E-state index in [2.05, 4.69) is 5.32 Å². The van der Waals surface area contributed by atoms with Gasteiger partial charge in [0.15, 0.2) is 0 Å². The van der Waals surface area contributed by atoms with Crippen LogP contribution in [0.4, 0.5) is 0 Å². The van der Waals surface area contributed by atoms with E-state index in [1.165, 1.54) is 0 Å². The van der Waals surface area contributed by atoms with E-state index in [1.807, 2.05) is 30.9 Å². The molecule has 1 heterocycles. The summed E-state index contributed by atoms with van der Waals surface area (Å²) in [5, 5.41) is 4.71. The summed E-state index contributed by atoms with van der Waals surface area (Å²) in [7, 11) is 1.92. The lowest BCUT2D eigenvalue weighted by Gasteiger charge is -2.30. The van der Waals surface area contributed by atoms with Gasteiger partial charge in [0.2, 0.25) is 0 Å². The quantitative estimate of drug-likeness (QED) is 0.922. The molecule has 0 spiro atoms. The second-order valence-electron chi connectivity index (χ2n) is 3.92. The molecule has 1 N–H and O–H groups in total. The second kappa shape index (κ2) is 6.30. The topological polar surface area (TPSA) is 21.3 Å². The Hall–Kier alpha value is 0.0700. The maximum atomic E-state index is 6.23. The molecule has 1 aliphatic rings. The van der Waals surface area contributed by atoms with Crippen LogP contribution in [0.1, 0.15) is 11.6 Å². The van der Waals surface area contributed by atoms with Crippen LogP contribution >= 0.6 is 35.0 Å². The van der Waals surface area contributed by atoms with E-state index in [0.29, 0.717) is 5.02 Å². The van der Waals surface area contributed by atoms with Crippen LogP contribution in [0.3, 0.4) is 0 Å². The number of halogens is 2. The summed E-state index contributed by atoms with van der Waals surface area (Å²) in [6.45, 7) is 0.797. The summed E-state index contributed by atoms with van der Waals surface area (Å²) in [5.41, 5.74) is 1.01. The third-order valence-electron chi connectivity index (χ3n) is 2.82. The SMILES string of the molecule is CNC(c1cc(Cl)ccc1Cl)C1CSCCO1. The first kappa shape index (κ1) is 13.5. The van der Waals surface area contributed by atoms with E-state index < -0.39 is 0 Å². The van der Waals surface area contributed by atoms with E-state index in [-0.39, 0.29) is 12.1 Å². The normalized spacial score (nSPS) is 22.4. The van der Waals surface area contributed by atoms with Crippen LogP contribution in [-0.2, 0) is 4.74 Å². The standard InChI is InChI=1S/C12H15Cl2NOS/c1-15-12(11-7-17-5-4-16-11)9-6-8(13)2-3-10(9)14/h2-3,6,11-12,15H,4-5,7H2,1H3. The minimum atomic E-state index is 0.0917. The van der Waals surface area contributed by atoms with Gasteiger partial charge in [-0.2, -0.15) is 11.8 Å². The number of benzene rings is 1. The molecule has 17 heavy (non-hydrogen) atoms. The maximum absolute atomic E-state index is 6.23. The Morgan fingerprint density at radius 3 is 2.94 bits per heavy atom. The van der Waals surface area contributed by atoms with Gasteiger partial charge in [0.1, 0.15) is 0 Å². The van der Waals surface area contributed by atoms with Gasteiger partial charge in [-0.1, -0.05) is 23.2 Å². The summed E-state index contributed by atoms with van der Waals surface area (Å²) >= 11 is 14.2. The molecular formula is C12H15Cl2NOS. The number of nitrogens with one attached hydrogen (secondary N) is 1. The van der Waals surface area contributed by atoms with Crippen LogP contribution in [0.25, 0.3) is 0 Å². The molecule has 2 nitrogen and oxygen atoms in total. The Morgan fingerprint density at radius 2 is 2.29 bits per heavy atom. The molecule has 0 aliphatic carbocycles. The van der Waals surface area contributed by atoms with Crippen LogP contribution in [0.5, 0.6) is 0 Å². The molecule has 5 heteroatoms. The zero-order chi connectivity index (χ0) is 12.3. The van der Waals surface area contributed by atoms with E-state index in [9.17, 15) is 0 Å². The Kier molecular flexibility index (Phi) is 5.00. The molecule has 2 atom stereocenters. The lowest BCUT2D eigenvalue weighted by molar-refractivity contribution is 0.0489. The lowest BCUT2D eigenvalue weighted by Crippen LogP contribution is -2.36. The van der Waals surface area contributed by atoms with E-state index >= 15 is 0 Å². The highest BCUT2D eigenvalue weighted by molar-refractivity contribution is 7.99. The smallest absolute Gasteiger partial charge is 0.0860 e. The summed E-state index contributed by atoms with van der Waals surface area (Å²) in [5.74, 6) is 2.05. The average molecular weight is 292 g/mol. The number of likely N-dealkylation sites (N-methyl/N-ethyl adjacent to an activating group) is 1. The molecule has 0 aromatic heterocycles. The predicted molar refractivity (Wildman–Crippen MR) is 75.3 cm³/mol. The number of rotatable bonds is 3. The fourth-order valence-electron chi connectivity index (χ4n) is 1.99. The minimum Gasteiger partial charge on any atom is -0.375 e. The Balaban J connectivity index is 2.24. The van der Waals surface area contributed by atoms with Gasteiger partial charge in [-0.15, -0.1) is 0 Å². The predicted octanol–water partition coefficient (Wildman–Crippen LogP) is 3.39. The van der Waals surface area contributed by atoms with Crippen molar-refractivity contribution in [3.63, 3.8) is 0 Å². The molecule has 0 bridgehead atoms. The highest BCUT2D eigenvalue weighted by Crippen LogP contribution is 2.31. The molecule has 0 amide bonds. The summed E-state index contributed by atoms with van der Waals surface area (Å²) in [6.07, 6.45) is 0.148. The summed E-state index contributed by atoms with van der Waals surface area (Å²) in [4.78, 5) is 0. The molecule has 94 valence electrons. The Morgan fingerprint density at radius 1 is 1.47 bits per heavy atom. The van der Waals surface area contributed by atoms with Gasteiger partial charge in [0, 0.05) is 21.6 Å². The van der Waals surface area contributed by atoms with Gasteiger partial charge in [-0.3, -0.25) is 0 Å². The fraction of sp³-hybridized carbons (Fsp3) is 0.500. The summed E-state index contributed by atoms with van der Waals surface area (Å²) in [6, 6.07) is 5.64. The molecule has 2 rings (SSSR count). The van der Waals surface area contributed by atoms with Crippen molar-refractivity contribution in [1.29, 1.82) is 0 Å². The van der Waals surface area contributed by atoms with Crippen molar-refractivity contribution in [2.24, 2.45) is 0 Å². The third kappa shape index (κ3) is 3.30. The second-order valence-corrected chi connectivity index (χ2v) is 5.91. The first-order valence-corrected chi connectivity index (χ1v) is 7.45. The zero-order valence-corrected chi connectivity index (χ0v) is 11.9.